The van der Waals surface area contributed by atoms with E-state index in [0.29, 0.717) is 5.02 Å². The first-order valence-electron chi connectivity index (χ1n) is 6.93. The van der Waals surface area contributed by atoms with Crippen molar-refractivity contribution in [2.75, 3.05) is 0 Å². The van der Waals surface area contributed by atoms with Gasteiger partial charge in [-0.3, -0.25) is 0 Å². The van der Waals surface area contributed by atoms with E-state index in [0.717, 1.165) is 39.5 Å². The van der Waals surface area contributed by atoms with E-state index in [1.807, 2.05) is 6.07 Å². The average molecular weight is 521 g/mol. The molecule has 2 nitrogen and oxygen atoms in total. The summed E-state index contributed by atoms with van der Waals surface area (Å²) in [6.07, 6.45) is 0. The first-order chi connectivity index (χ1) is 11.5. The Bertz CT molecular complexity index is 1040. The van der Waals surface area contributed by atoms with Gasteiger partial charge in [-0.05, 0) is 75.0 Å². The maximum Gasteiger partial charge on any atom is 0.115 e. The number of nitrogens with zero attached hydrogens (tertiary/aromatic N) is 2. The van der Waals surface area contributed by atoms with Crippen LogP contribution in [0.5, 0.6) is 0 Å². The SMILES string of the molecule is Cc1cc(-c2cc(Cl)c(-c3cc(C)c(Br)s3)c3nsnc23)sc1Br. The standard InChI is InChI=1S/C16H9Br2ClN2S3/c1-6-3-10(22-15(6)17)8-5-9(19)12(14-13(8)20-24-21-14)11-4-7(2)16(18)23-11/h3-5H,1-2H3. The second-order valence-electron chi connectivity index (χ2n) is 5.38. The van der Waals surface area contributed by atoms with E-state index >= 15 is 0 Å². The molecule has 0 amide bonds. The van der Waals surface area contributed by atoms with E-state index in [1.54, 1.807) is 22.7 Å². The lowest BCUT2D eigenvalue weighted by atomic mass is 10.0. The molecule has 0 aliphatic carbocycles. The van der Waals surface area contributed by atoms with Gasteiger partial charge in [0.05, 0.1) is 24.3 Å². The molecule has 0 atom stereocenters. The molecule has 0 aliphatic rings. The van der Waals surface area contributed by atoms with Crippen LogP contribution in [0.1, 0.15) is 11.1 Å². The Kier molecular flexibility index (Phi) is 4.60. The van der Waals surface area contributed by atoms with Gasteiger partial charge >= 0.3 is 0 Å². The zero-order chi connectivity index (χ0) is 17.0. The van der Waals surface area contributed by atoms with E-state index in [2.05, 4.69) is 66.6 Å². The molecular weight excluding hydrogens is 512 g/mol. The van der Waals surface area contributed by atoms with Crippen molar-refractivity contribution in [3.8, 4) is 20.9 Å². The molecule has 0 saturated heterocycles. The molecule has 8 heteroatoms. The second kappa shape index (κ2) is 6.45. The van der Waals surface area contributed by atoms with Crippen LogP contribution in [-0.4, -0.2) is 8.75 Å². The van der Waals surface area contributed by atoms with Crippen LogP contribution in [0.4, 0.5) is 0 Å². The lowest BCUT2D eigenvalue weighted by Gasteiger charge is -2.06. The van der Waals surface area contributed by atoms with Gasteiger partial charge in [0, 0.05) is 20.9 Å². The molecule has 0 N–H and O–H groups in total. The Hall–Kier alpha value is -0.310. The number of thiophene rings is 2. The zero-order valence-electron chi connectivity index (χ0n) is 12.5. The van der Waals surface area contributed by atoms with Crippen LogP contribution in [-0.2, 0) is 0 Å². The number of rotatable bonds is 2. The predicted octanol–water partition coefficient (Wildman–Crippen LogP) is 7.94. The molecule has 0 unspecified atom stereocenters. The van der Waals surface area contributed by atoms with Crippen LogP contribution in [0, 0.1) is 13.8 Å². The molecule has 1 aromatic carbocycles. The number of aryl methyl sites for hydroxylation is 2. The third-order valence-corrected chi connectivity index (χ3v) is 8.87. The van der Waals surface area contributed by atoms with Gasteiger partial charge in [-0.1, -0.05) is 11.6 Å². The lowest BCUT2D eigenvalue weighted by Crippen LogP contribution is -1.84. The Morgan fingerprint density at radius 1 is 0.875 bits per heavy atom. The fraction of sp³-hybridized carbons (Fsp3) is 0.125. The summed E-state index contributed by atoms with van der Waals surface area (Å²) in [6.45, 7) is 4.16. The van der Waals surface area contributed by atoms with Crippen LogP contribution in [0.2, 0.25) is 5.02 Å². The Morgan fingerprint density at radius 2 is 1.46 bits per heavy atom. The van der Waals surface area contributed by atoms with E-state index < -0.39 is 0 Å². The number of fused-ring (bicyclic) bond motifs is 1. The molecule has 0 bridgehead atoms. The highest BCUT2D eigenvalue weighted by atomic mass is 79.9. The van der Waals surface area contributed by atoms with Crippen LogP contribution in [0.25, 0.3) is 31.9 Å². The van der Waals surface area contributed by atoms with E-state index in [1.165, 1.54) is 22.9 Å². The third kappa shape index (κ3) is 2.79. The summed E-state index contributed by atoms with van der Waals surface area (Å²) in [7, 11) is 0. The van der Waals surface area contributed by atoms with Crippen molar-refractivity contribution in [2.45, 2.75) is 13.8 Å². The molecule has 0 spiro atoms. The average Bonchev–Trinajstić information content (AvgIpc) is 3.20. The number of aromatic nitrogens is 2. The highest BCUT2D eigenvalue weighted by molar-refractivity contribution is 9.11. The van der Waals surface area contributed by atoms with Gasteiger partial charge in [0.25, 0.3) is 0 Å². The molecule has 0 saturated carbocycles. The number of hydrogen-bond acceptors (Lipinski definition) is 5. The third-order valence-electron chi connectivity index (χ3n) is 3.72. The van der Waals surface area contributed by atoms with Crippen LogP contribution in [0.3, 0.4) is 0 Å². The first-order valence-corrected chi connectivity index (χ1v) is 11.3. The van der Waals surface area contributed by atoms with Crippen molar-refractivity contribution >= 4 is 88.9 Å². The Balaban J connectivity index is 2.00. The number of benzene rings is 1. The highest BCUT2D eigenvalue weighted by Gasteiger charge is 2.20. The molecule has 3 aromatic heterocycles. The van der Waals surface area contributed by atoms with Crippen molar-refractivity contribution in [1.29, 1.82) is 0 Å². The maximum absolute atomic E-state index is 6.68. The summed E-state index contributed by atoms with van der Waals surface area (Å²) in [4.78, 5) is 2.26. The fourth-order valence-corrected chi connectivity index (χ4v) is 6.58. The fourth-order valence-electron chi connectivity index (χ4n) is 2.51. The van der Waals surface area contributed by atoms with Crippen molar-refractivity contribution < 1.29 is 0 Å². The van der Waals surface area contributed by atoms with Gasteiger partial charge in [-0.2, -0.15) is 8.75 Å². The predicted molar refractivity (Wildman–Crippen MR) is 114 cm³/mol. The normalized spacial score (nSPS) is 11.5. The van der Waals surface area contributed by atoms with Gasteiger partial charge in [0.1, 0.15) is 11.0 Å². The molecule has 0 fully saturated rings. The smallest absolute Gasteiger partial charge is 0.115 e. The van der Waals surface area contributed by atoms with Gasteiger partial charge in [-0.15, -0.1) is 22.7 Å². The van der Waals surface area contributed by atoms with Gasteiger partial charge in [0.2, 0.25) is 0 Å². The molecule has 4 aromatic rings. The van der Waals surface area contributed by atoms with E-state index in [9.17, 15) is 0 Å². The molecular formula is C16H9Br2ClN2S3. The van der Waals surface area contributed by atoms with Crippen molar-refractivity contribution in [2.24, 2.45) is 0 Å². The summed E-state index contributed by atoms with van der Waals surface area (Å²) in [5.41, 5.74) is 6.20. The topological polar surface area (TPSA) is 25.8 Å². The summed E-state index contributed by atoms with van der Waals surface area (Å²) < 4.78 is 11.3. The molecule has 3 heterocycles. The largest absolute Gasteiger partial charge is 0.172 e. The minimum absolute atomic E-state index is 0.709. The zero-order valence-corrected chi connectivity index (χ0v) is 18.9. The first kappa shape index (κ1) is 17.1. The summed E-state index contributed by atoms with van der Waals surface area (Å²) in [5.74, 6) is 0. The lowest BCUT2D eigenvalue weighted by molar-refractivity contribution is 1.52. The highest BCUT2D eigenvalue weighted by Crippen LogP contribution is 2.46. The van der Waals surface area contributed by atoms with Gasteiger partial charge < -0.3 is 0 Å². The van der Waals surface area contributed by atoms with E-state index in [-0.39, 0.29) is 0 Å². The maximum atomic E-state index is 6.68. The summed E-state index contributed by atoms with van der Waals surface area (Å²) in [5, 5.41) is 0.709. The molecule has 0 aliphatic heterocycles. The Labute approximate surface area is 173 Å². The van der Waals surface area contributed by atoms with Crippen molar-refractivity contribution in [1.82, 2.24) is 8.75 Å². The summed E-state index contributed by atoms with van der Waals surface area (Å²) in [6, 6.07) is 6.31. The minimum Gasteiger partial charge on any atom is -0.172 e. The van der Waals surface area contributed by atoms with Crippen molar-refractivity contribution in [3.63, 3.8) is 0 Å². The van der Waals surface area contributed by atoms with Crippen LogP contribution >= 0.6 is 77.9 Å². The van der Waals surface area contributed by atoms with Crippen LogP contribution < -0.4 is 0 Å². The summed E-state index contributed by atoms with van der Waals surface area (Å²) >= 11 is 18.5. The number of halogens is 3. The monoisotopic (exact) mass is 518 g/mol. The van der Waals surface area contributed by atoms with Gasteiger partial charge in [0.15, 0.2) is 0 Å². The Morgan fingerprint density at radius 3 is 2.04 bits per heavy atom. The minimum atomic E-state index is 0.709. The van der Waals surface area contributed by atoms with Gasteiger partial charge in [-0.25, -0.2) is 0 Å². The number of hydrogen-bond donors (Lipinski definition) is 0. The molecule has 0 radical (unpaired) electrons. The molecule has 122 valence electrons. The van der Waals surface area contributed by atoms with Crippen molar-refractivity contribution in [3.05, 3.63) is 41.9 Å². The quantitative estimate of drug-likeness (QED) is 0.268. The molecule has 4 rings (SSSR count). The molecule has 24 heavy (non-hydrogen) atoms. The second-order valence-corrected chi connectivity index (χ2v) is 11.1. The van der Waals surface area contributed by atoms with Crippen LogP contribution in [0.15, 0.2) is 25.8 Å². The van der Waals surface area contributed by atoms with E-state index in [4.69, 9.17) is 11.6 Å².